The van der Waals surface area contributed by atoms with Gasteiger partial charge in [0.25, 0.3) is 0 Å². The van der Waals surface area contributed by atoms with Gasteiger partial charge in [-0.3, -0.25) is 0 Å². The fourth-order valence-electron chi connectivity index (χ4n) is 7.69. The number of hydrogen-bond donors (Lipinski definition) is 2. The Morgan fingerprint density at radius 3 is 1.02 bits per heavy atom. The molecule has 0 aliphatic carbocycles. The molecular weight excluding hydrogens is 517 g/mol. The minimum atomic E-state index is -1.96. The van der Waals surface area contributed by atoms with Crippen molar-refractivity contribution in [3.8, 4) is 22.9 Å². The average molecular weight is 569 g/mol. The number of benzene rings is 3. The highest BCUT2D eigenvalue weighted by atomic mass is 28.3. The molecule has 3 rings (SSSR count). The zero-order valence-electron chi connectivity index (χ0n) is 27.1. The Bertz CT molecular complexity index is 1350. The Kier molecular flexibility index (Phi) is 9.60. The highest BCUT2D eigenvalue weighted by molar-refractivity contribution is 6.91. The third-order valence-corrected chi connectivity index (χ3v) is 22.4. The van der Waals surface area contributed by atoms with Gasteiger partial charge in [-0.15, -0.1) is 11.1 Å². The fraction of sp³-hybridized carbons (Fsp3) is 0.500. The predicted molar refractivity (Wildman–Crippen MR) is 186 cm³/mol. The van der Waals surface area contributed by atoms with Crippen LogP contribution in [0.3, 0.4) is 0 Å². The number of hydrogen-bond acceptors (Lipinski definition) is 2. The molecule has 0 unspecified atom stereocenters. The van der Waals surface area contributed by atoms with Gasteiger partial charge >= 0.3 is 0 Å². The van der Waals surface area contributed by atoms with Crippen LogP contribution in [0, 0.1) is 22.9 Å². The summed E-state index contributed by atoms with van der Waals surface area (Å²) in [7, 11) is -3.93. The quantitative estimate of drug-likeness (QED) is 0.134. The number of anilines is 2. The molecule has 0 bridgehead atoms. The van der Waals surface area contributed by atoms with Crippen LogP contribution in [0.25, 0.3) is 21.5 Å². The molecule has 4 heteroatoms. The van der Waals surface area contributed by atoms with Crippen molar-refractivity contribution in [2.75, 3.05) is 11.5 Å². The van der Waals surface area contributed by atoms with E-state index in [-0.39, 0.29) is 0 Å². The summed E-state index contributed by atoms with van der Waals surface area (Å²) in [4.78, 5) is 0. The normalized spacial score (nSPS) is 12.7. The largest absolute Gasteiger partial charge is 0.396 e. The van der Waals surface area contributed by atoms with E-state index >= 15 is 0 Å². The van der Waals surface area contributed by atoms with Gasteiger partial charge in [-0.1, -0.05) is 119 Å². The van der Waals surface area contributed by atoms with E-state index in [1.165, 1.54) is 10.8 Å². The minimum Gasteiger partial charge on any atom is -0.396 e. The second-order valence-corrected chi connectivity index (χ2v) is 24.8. The lowest BCUT2D eigenvalue weighted by Gasteiger charge is -2.38. The molecule has 0 amide bonds. The molecule has 40 heavy (non-hydrogen) atoms. The maximum absolute atomic E-state index is 6.90. The van der Waals surface area contributed by atoms with Crippen LogP contribution in [0.15, 0.2) is 36.4 Å². The predicted octanol–water partition coefficient (Wildman–Crippen LogP) is 10.3. The molecule has 3 aromatic carbocycles. The van der Waals surface area contributed by atoms with Crippen LogP contribution in [0.5, 0.6) is 0 Å². The van der Waals surface area contributed by atoms with Gasteiger partial charge in [-0.05, 0) is 56.2 Å². The first-order valence-electron chi connectivity index (χ1n) is 15.2. The summed E-state index contributed by atoms with van der Waals surface area (Å²) < 4.78 is 0. The lowest BCUT2D eigenvalue weighted by Crippen LogP contribution is -2.43. The lowest BCUT2D eigenvalue weighted by molar-refractivity contribution is 0.838. The molecule has 0 saturated carbocycles. The first-order valence-corrected chi connectivity index (χ1v) is 19.7. The SMILES string of the molecule is CC(C)[Si](C#Cc1c(N)c(N)c(C#C[Si](C(C)C)(C(C)C)C(C)C)c2cc3ccccc3cc12)(C(C)C)C(C)C. The van der Waals surface area contributed by atoms with Crippen LogP contribution >= 0.6 is 0 Å². The van der Waals surface area contributed by atoms with E-state index in [0.29, 0.717) is 44.6 Å². The first-order chi connectivity index (χ1) is 18.6. The monoisotopic (exact) mass is 568 g/mol. The highest BCUT2D eigenvalue weighted by Crippen LogP contribution is 2.43. The van der Waals surface area contributed by atoms with Crippen LogP contribution in [-0.4, -0.2) is 16.1 Å². The van der Waals surface area contributed by atoms with E-state index in [1.54, 1.807) is 0 Å². The van der Waals surface area contributed by atoms with Crippen molar-refractivity contribution >= 4 is 49.1 Å². The Hall–Kier alpha value is -2.67. The smallest absolute Gasteiger partial charge is 0.146 e. The van der Waals surface area contributed by atoms with Crippen molar-refractivity contribution in [1.82, 2.24) is 0 Å². The van der Waals surface area contributed by atoms with Crippen LogP contribution < -0.4 is 11.5 Å². The average Bonchev–Trinajstić information content (AvgIpc) is 2.86. The first kappa shape index (κ1) is 31.9. The fourth-order valence-corrected chi connectivity index (χ4v) is 18.1. The number of nitrogens with two attached hydrogens (primary N) is 2. The zero-order chi connectivity index (χ0) is 30.2. The van der Waals surface area contributed by atoms with E-state index in [1.807, 2.05) is 0 Å². The topological polar surface area (TPSA) is 52.0 Å². The summed E-state index contributed by atoms with van der Waals surface area (Å²) in [6, 6.07) is 13.0. The van der Waals surface area contributed by atoms with E-state index in [9.17, 15) is 0 Å². The molecule has 0 spiro atoms. The number of nitrogen functional groups attached to an aromatic ring is 2. The van der Waals surface area contributed by atoms with Gasteiger partial charge in [0.1, 0.15) is 16.1 Å². The molecule has 2 nitrogen and oxygen atoms in total. The van der Waals surface area contributed by atoms with Gasteiger partial charge in [0.15, 0.2) is 0 Å². The molecule has 0 heterocycles. The summed E-state index contributed by atoms with van der Waals surface area (Å²) in [5.41, 5.74) is 27.7. The molecule has 0 radical (unpaired) electrons. The van der Waals surface area contributed by atoms with Crippen molar-refractivity contribution in [3.05, 3.63) is 47.5 Å². The second-order valence-electron chi connectivity index (χ2n) is 13.6. The number of rotatable bonds is 6. The van der Waals surface area contributed by atoms with Crippen molar-refractivity contribution in [3.63, 3.8) is 0 Å². The molecule has 0 aliphatic heterocycles. The van der Waals surface area contributed by atoms with Crippen LogP contribution in [0.4, 0.5) is 11.4 Å². The molecule has 3 aromatic rings. The molecule has 0 aromatic heterocycles. The standard InChI is InChI=1S/C36H52N2Si2/c1-23(2)39(24(3)4,25(5)6)19-17-31-33-21-29-15-13-14-16-30(29)22-34(33)32(36(38)35(31)37)18-20-40(26(7)8,27(9)10)28(11)12/h13-16,21-28H,37-38H2,1-12H3. The minimum absolute atomic E-state index is 0.539. The van der Waals surface area contributed by atoms with E-state index in [0.717, 1.165) is 21.9 Å². The third-order valence-electron chi connectivity index (χ3n) is 9.79. The van der Waals surface area contributed by atoms with Gasteiger partial charge < -0.3 is 11.5 Å². The van der Waals surface area contributed by atoms with E-state index in [2.05, 4.69) is 142 Å². The van der Waals surface area contributed by atoms with Crippen molar-refractivity contribution in [2.24, 2.45) is 0 Å². The summed E-state index contributed by atoms with van der Waals surface area (Å²) in [5.74, 6) is 7.34. The molecule has 0 saturated heterocycles. The Labute approximate surface area is 246 Å². The zero-order valence-corrected chi connectivity index (χ0v) is 29.1. The van der Waals surface area contributed by atoms with E-state index < -0.39 is 16.1 Å². The molecule has 4 N–H and O–H groups in total. The highest BCUT2D eigenvalue weighted by Gasteiger charge is 2.42. The summed E-state index contributed by atoms with van der Waals surface area (Å²) in [6.07, 6.45) is 0. The Morgan fingerprint density at radius 1 is 0.500 bits per heavy atom. The summed E-state index contributed by atoms with van der Waals surface area (Å²) >= 11 is 0. The van der Waals surface area contributed by atoms with Gasteiger partial charge in [-0.25, -0.2) is 0 Å². The number of fused-ring (bicyclic) bond motifs is 2. The summed E-state index contributed by atoms with van der Waals surface area (Å²) in [6.45, 7) is 28.1. The Morgan fingerprint density at radius 2 is 0.775 bits per heavy atom. The molecule has 214 valence electrons. The second kappa shape index (κ2) is 12.1. The van der Waals surface area contributed by atoms with Gasteiger partial charge in [0, 0.05) is 10.8 Å². The van der Waals surface area contributed by atoms with Crippen molar-refractivity contribution < 1.29 is 0 Å². The molecule has 0 fully saturated rings. The summed E-state index contributed by atoms with van der Waals surface area (Å²) in [5, 5.41) is 4.48. The third kappa shape index (κ3) is 5.34. The van der Waals surface area contributed by atoms with Crippen molar-refractivity contribution in [1.29, 1.82) is 0 Å². The molecular formula is C36H52N2Si2. The van der Waals surface area contributed by atoms with E-state index in [4.69, 9.17) is 11.5 Å². The molecule has 0 atom stereocenters. The lowest BCUT2D eigenvalue weighted by atomic mass is 9.93. The van der Waals surface area contributed by atoms with Crippen LogP contribution in [0.2, 0.25) is 33.2 Å². The molecule has 0 aliphatic rings. The van der Waals surface area contributed by atoms with Crippen molar-refractivity contribution in [2.45, 2.75) is 116 Å². The van der Waals surface area contributed by atoms with Crippen LogP contribution in [-0.2, 0) is 0 Å². The van der Waals surface area contributed by atoms with Gasteiger partial charge in [0.05, 0.1) is 22.5 Å². The Balaban J connectivity index is 2.48. The maximum atomic E-state index is 6.90. The van der Waals surface area contributed by atoms with Gasteiger partial charge in [-0.2, -0.15) is 0 Å². The van der Waals surface area contributed by atoms with Crippen LogP contribution in [0.1, 0.15) is 94.2 Å². The maximum Gasteiger partial charge on any atom is 0.146 e. The van der Waals surface area contributed by atoms with Gasteiger partial charge in [0.2, 0.25) is 0 Å².